The van der Waals surface area contributed by atoms with Gasteiger partial charge in [0.1, 0.15) is 8.07 Å². The smallest absolute Gasteiger partial charge is 0.195 e. The molecule has 0 heterocycles. The molecule has 222 valence electrons. The van der Waals surface area contributed by atoms with Gasteiger partial charge in [0.2, 0.25) is 0 Å². The average Bonchev–Trinajstić information content (AvgIpc) is 3.31. The van der Waals surface area contributed by atoms with E-state index in [2.05, 4.69) is 121 Å². The summed E-state index contributed by atoms with van der Waals surface area (Å²) in [4.78, 5) is 14.6. The predicted molar refractivity (Wildman–Crippen MR) is 198 cm³/mol. The Kier molecular flexibility index (Phi) is 9.80. The van der Waals surface area contributed by atoms with Crippen LogP contribution in [-0.4, -0.2) is 13.9 Å². The summed E-state index contributed by atoms with van der Waals surface area (Å²) in [5.41, 5.74) is 13.7. The van der Waals surface area contributed by atoms with Crippen LogP contribution in [0.1, 0.15) is 69.4 Å². The van der Waals surface area contributed by atoms with Gasteiger partial charge in [-0.2, -0.15) is 0 Å². The summed E-state index contributed by atoms with van der Waals surface area (Å²) >= 11 is 7.15. The van der Waals surface area contributed by atoms with Gasteiger partial charge in [0.15, 0.2) is 5.78 Å². The Morgan fingerprint density at radius 3 is 1.43 bits per heavy atom. The lowest BCUT2D eigenvalue weighted by molar-refractivity contribution is -0.108. The molecule has 0 saturated heterocycles. The minimum atomic E-state index is -1.91. The van der Waals surface area contributed by atoms with E-state index in [1.807, 2.05) is 66.7 Å². The van der Waals surface area contributed by atoms with Crippen LogP contribution in [0, 0.1) is 11.5 Å². The van der Waals surface area contributed by atoms with Gasteiger partial charge in [-0.15, -0.1) is 5.54 Å². The highest BCUT2D eigenvalue weighted by atomic mass is 79.9. The highest BCUT2D eigenvalue weighted by molar-refractivity contribution is 9.10. The molecule has 1 nitrogen and oxygen atoms in total. The Morgan fingerprint density at radius 2 is 0.955 bits per heavy atom. The molecular formula is C40H38Br2OSi. The molecule has 44 heavy (non-hydrogen) atoms. The number of hydrogen-bond acceptors (Lipinski definition) is 1. The van der Waals surface area contributed by atoms with Crippen LogP contribution < -0.4 is 0 Å². The van der Waals surface area contributed by atoms with Crippen molar-refractivity contribution in [2.24, 2.45) is 0 Å². The van der Waals surface area contributed by atoms with Gasteiger partial charge in [0.25, 0.3) is 0 Å². The van der Waals surface area contributed by atoms with Gasteiger partial charge in [-0.3, -0.25) is 4.79 Å². The molecule has 0 amide bonds. The van der Waals surface area contributed by atoms with E-state index in [1.165, 1.54) is 0 Å². The maximum absolute atomic E-state index is 14.6. The van der Waals surface area contributed by atoms with Gasteiger partial charge in [0.05, 0.1) is 0 Å². The van der Waals surface area contributed by atoms with Crippen LogP contribution in [0.25, 0.3) is 22.3 Å². The van der Waals surface area contributed by atoms with Crippen molar-refractivity contribution in [2.75, 3.05) is 0 Å². The van der Waals surface area contributed by atoms with E-state index in [4.69, 9.17) is 0 Å². The van der Waals surface area contributed by atoms with Crippen molar-refractivity contribution < 1.29 is 4.79 Å². The van der Waals surface area contributed by atoms with Gasteiger partial charge in [0, 0.05) is 36.8 Å². The minimum absolute atomic E-state index is 0.0332. The van der Waals surface area contributed by atoms with Gasteiger partial charge in [-0.05, 0) is 75.3 Å². The number of allylic oxidation sites excluding steroid dienone is 4. The van der Waals surface area contributed by atoms with Crippen LogP contribution in [0.5, 0.6) is 0 Å². The van der Waals surface area contributed by atoms with E-state index < -0.39 is 8.07 Å². The molecule has 1 aliphatic carbocycles. The third-order valence-corrected chi connectivity index (χ3v) is 16.3. The van der Waals surface area contributed by atoms with Gasteiger partial charge < -0.3 is 0 Å². The molecule has 0 bridgehead atoms. The van der Waals surface area contributed by atoms with Crippen LogP contribution >= 0.6 is 31.9 Å². The first kappa shape index (κ1) is 32.2. The lowest BCUT2D eigenvalue weighted by atomic mass is 9.88. The van der Waals surface area contributed by atoms with E-state index in [1.54, 1.807) is 0 Å². The molecule has 0 atom stereocenters. The summed E-state index contributed by atoms with van der Waals surface area (Å²) in [6.07, 6.45) is 0. The van der Waals surface area contributed by atoms with Crippen LogP contribution in [0.4, 0.5) is 0 Å². The van der Waals surface area contributed by atoms with Crippen LogP contribution in [0.3, 0.4) is 0 Å². The fraction of sp³-hybridized carbons (Fsp3) is 0.225. The van der Waals surface area contributed by atoms with Crippen LogP contribution in [0.2, 0.25) is 16.6 Å². The number of hydrogen-bond donors (Lipinski definition) is 0. The molecule has 4 heteroatoms. The number of rotatable bonds is 7. The van der Waals surface area contributed by atoms with E-state index in [0.29, 0.717) is 16.6 Å². The van der Waals surface area contributed by atoms with Crippen molar-refractivity contribution in [2.45, 2.75) is 58.2 Å². The molecule has 0 aromatic heterocycles. The third kappa shape index (κ3) is 6.16. The van der Waals surface area contributed by atoms with Crippen molar-refractivity contribution >= 4 is 68.0 Å². The average molecular weight is 723 g/mol. The first-order valence-corrected chi connectivity index (χ1v) is 19.1. The molecule has 0 radical (unpaired) electrons. The summed E-state index contributed by atoms with van der Waals surface area (Å²) < 4.78 is 1.95. The molecular weight excluding hydrogens is 684 g/mol. The fourth-order valence-corrected chi connectivity index (χ4v) is 12.7. The van der Waals surface area contributed by atoms with Gasteiger partial charge in [-0.25, -0.2) is 0 Å². The van der Waals surface area contributed by atoms with E-state index in [0.717, 1.165) is 59.1 Å². The molecule has 0 spiro atoms. The predicted octanol–water partition coefficient (Wildman–Crippen LogP) is 11.9. The van der Waals surface area contributed by atoms with Gasteiger partial charge in [-0.1, -0.05) is 146 Å². The van der Waals surface area contributed by atoms with E-state index >= 15 is 0 Å². The monoisotopic (exact) mass is 720 g/mol. The standard InChI is InChI=1S/C40H38Br2OSi/c1-26(2)44(27(3)4,28(5)6)24-23-29-11-10-14-33(25-29)37-36(30-12-8-7-9-13-30)38(31-15-19-34(41)20-16-31)40(43)39(37)32-17-21-35(42)22-18-32/h7-22,25-28H,1-6H3. The summed E-state index contributed by atoms with van der Waals surface area (Å²) in [5.74, 6) is 3.68. The van der Waals surface area contributed by atoms with E-state index in [9.17, 15) is 4.79 Å². The Bertz CT molecular complexity index is 1780. The van der Waals surface area contributed by atoms with Crippen molar-refractivity contribution in [3.8, 4) is 11.5 Å². The van der Waals surface area contributed by atoms with Crippen LogP contribution in [0.15, 0.2) is 112 Å². The second kappa shape index (κ2) is 13.4. The van der Waals surface area contributed by atoms with E-state index in [-0.39, 0.29) is 5.78 Å². The van der Waals surface area contributed by atoms with Crippen LogP contribution in [-0.2, 0) is 4.79 Å². The normalized spacial score (nSPS) is 13.8. The molecule has 4 aromatic rings. The second-order valence-electron chi connectivity index (χ2n) is 12.4. The number of carbonyl (C=O) groups is 1. The highest BCUT2D eigenvalue weighted by Gasteiger charge is 2.42. The highest BCUT2D eigenvalue weighted by Crippen LogP contribution is 2.50. The molecule has 0 unspecified atom stereocenters. The number of carbonyl (C=O) groups excluding carboxylic acids is 1. The number of ketones is 1. The lowest BCUT2D eigenvalue weighted by Crippen LogP contribution is -2.43. The Morgan fingerprint density at radius 1 is 0.523 bits per heavy atom. The maximum Gasteiger partial charge on any atom is 0.195 e. The molecule has 4 aromatic carbocycles. The summed E-state index contributed by atoms with van der Waals surface area (Å²) in [7, 11) is -1.91. The summed E-state index contributed by atoms with van der Waals surface area (Å²) in [5, 5.41) is 0. The maximum atomic E-state index is 14.6. The minimum Gasteiger partial charge on any atom is -0.289 e. The molecule has 1 aliphatic rings. The molecule has 0 N–H and O–H groups in total. The molecule has 0 fully saturated rings. The number of Topliss-reactive ketones (excluding diaryl/α,β-unsaturated/α-hetero) is 1. The topological polar surface area (TPSA) is 17.1 Å². The fourth-order valence-electron chi connectivity index (χ4n) is 6.93. The molecule has 0 saturated carbocycles. The Labute approximate surface area is 280 Å². The first-order valence-electron chi connectivity index (χ1n) is 15.3. The van der Waals surface area contributed by atoms with Crippen molar-refractivity contribution in [1.82, 2.24) is 0 Å². The second-order valence-corrected chi connectivity index (χ2v) is 19.8. The largest absolute Gasteiger partial charge is 0.289 e. The lowest BCUT2D eigenvalue weighted by Gasteiger charge is -2.38. The Hall–Kier alpha value is -3.23. The van der Waals surface area contributed by atoms with Crippen molar-refractivity contribution in [3.63, 3.8) is 0 Å². The van der Waals surface area contributed by atoms with Crippen molar-refractivity contribution in [1.29, 1.82) is 0 Å². The zero-order chi connectivity index (χ0) is 31.6. The SMILES string of the molecule is CC(C)[Si](C#Cc1cccc(C2=C(c3ccc(Br)cc3)C(=O)C(c3ccc(Br)cc3)=C2c2ccccc2)c1)(C(C)C)C(C)C. The summed E-state index contributed by atoms with van der Waals surface area (Å²) in [6, 6.07) is 34.9. The molecule has 0 aliphatic heterocycles. The Balaban J connectivity index is 1.79. The first-order chi connectivity index (χ1) is 21.0. The van der Waals surface area contributed by atoms with Crippen molar-refractivity contribution in [3.05, 3.63) is 140 Å². The number of benzene rings is 4. The third-order valence-electron chi connectivity index (χ3n) is 8.97. The zero-order valence-electron chi connectivity index (χ0n) is 26.2. The summed E-state index contributed by atoms with van der Waals surface area (Å²) in [6.45, 7) is 14.1. The molecule has 5 rings (SSSR count). The van der Waals surface area contributed by atoms with Gasteiger partial charge >= 0.3 is 0 Å². The quantitative estimate of drug-likeness (QED) is 0.137. The zero-order valence-corrected chi connectivity index (χ0v) is 30.4. The number of halogens is 2.